The standard InChI is InChI=1S/C19H23NO5/c1-4-8-16-15(13-23-2)11-20(17(16)18(21)24-3)19(22)25-12-14-9-6-5-7-10-14/h4-7,9-10,13,16-17H,1,8,11-12H2,2-3H3/b15-13-/t16-,17+/m1/s1. The third-order valence-electron chi connectivity index (χ3n) is 4.12. The molecule has 1 amide bonds. The molecule has 25 heavy (non-hydrogen) atoms. The van der Waals surface area contributed by atoms with E-state index in [1.807, 2.05) is 30.3 Å². The molecule has 0 aliphatic carbocycles. The molecule has 0 radical (unpaired) electrons. The lowest BCUT2D eigenvalue weighted by atomic mass is 9.93. The summed E-state index contributed by atoms with van der Waals surface area (Å²) >= 11 is 0. The van der Waals surface area contributed by atoms with Crippen molar-refractivity contribution < 1.29 is 23.8 Å². The molecule has 1 aromatic carbocycles. The van der Waals surface area contributed by atoms with Gasteiger partial charge >= 0.3 is 12.1 Å². The molecular weight excluding hydrogens is 322 g/mol. The second-order valence-corrected chi connectivity index (χ2v) is 5.70. The molecule has 0 N–H and O–H groups in total. The zero-order valence-corrected chi connectivity index (χ0v) is 14.5. The van der Waals surface area contributed by atoms with Crippen molar-refractivity contribution in [1.82, 2.24) is 4.90 Å². The summed E-state index contributed by atoms with van der Waals surface area (Å²) in [5.41, 5.74) is 1.70. The highest BCUT2D eigenvalue weighted by Crippen LogP contribution is 2.33. The van der Waals surface area contributed by atoms with Crippen molar-refractivity contribution in [3.63, 3.8) is 0 Å². The number of likely N-dealkylation sites (tertiary alicyclic amines) is 1. The molecule has 1 heterocycles. The summed E-state index contributed by atoms with van der Waals surface area (Å²) in [5, 5.41) is 0. The van der Waals surface area contributed by atoms with Crippen molar-refractivity contribution in [2.45, 2.75) is 19.1 Å². The van der Waals surface area contributed by atoms with Gasteiger partial charge in [-0.1, -0.05) is 36.4 Å². The fourth-order valence-electron chi connectivity index (χ4n) is 2.96. The normalized spacial score (nSPS) is 21.0. The Hall–Kier alpha value is -2.76. The first-order valence-corrected chi connectivity index (χ1v) is 8.00. The molecule has 0 saturated carbocycles. The van der Waals surface area contributed by atoms with Gasteiger partial charge in [-0.05, 0) is 17.6 Å². The second-order valence-electron chi connectivity index (χ2n) is 5.70. The van der Waals surface area contributed by atoms with Gasteiger partial charge in [0.05, 0.1) is 20.5 Å². The minimum Gasteiger partial charge on any atom is -0.504 e. The number of rotatable bonds is 6. The number of methoxy groups -OCH3 is 2. The number of esters is 1. The van der Waals surface area contributed by atoms with E-state index < -0.39 is 18.1 Å². The highest BCUT2D eigenvalue weighted by Gasteiger charge is 2.46. The minimum atomic E-state index is -0.757. The van der Waals surface area contributed by atoms with Crippen molar-refractivity contribution in [3.05, 3.63) is 60.4 Å². The fourth-order valence-corrected chi connectivity index (χ4v) is 2.96. The largest absolute Gasteiger partial charge is 0.504 e. The molecule has 1 saturated heterocycles. The maximum absolute atomic E-state index is 12.6. The third-order valence-corrected chi connectivity index (χ3v) is 4.12. The summed E-state index contributed by atoms with van der Waals surface area (Å²) < 4.78 is 15.4. The zero-order valence-electron chi connectivity index (χ0n) is 14.5. The van der Waals surface area contributed by atoms with Crippen molar-refractivity contribution in [1.29, 1.82) is 0 Å². The number of nitrogens with zero attached hydrogens (tertiary/aromatic N) is 1. The summed E-state index contributed by atoms with van der Waals surface area (Å²) in [5.74, 6) is -0.725. The monoisotopic (exact) mass is 345 g/mol. The van der Waals surface area contributed by atoms with Crippen LogP contribution in [0.3, 0.4) is 0 Å². The number of carbonyl (C=O) groups excluding carboxylic acids is 2. The van der Waals surface area contributed by atoms with E-state index in [2.05, 4.69) is 6.58 Å². The molecule has 0 bridgehead atoms. The lowest BCUT2D eigenvalue weighted by molar-refractivity contribution is -0.146. The van der Waals surface area contributed by atoms with E-state index in [0.717, 1.165) is 11.1 Å². The van der Waals surface area contributed by atoms with Gasteiger partial charge in [0.15, 0.2) is 0 Å². The number of benzene rings is 1. The van der Waals surface area contributed by atoms with Crippen LogP contribution in [0.2, 0.25) is 0 Å². The van der Waals surface area contributed by atoms with E-state index in [0.29, 0.717) is 6.42 Å². The average Bonchev–Trinajstić information content (AvgIpc) is 2.99. The van der Waals surface area contributed by atoms with Crippen molar-refractivity contribution in [2.75, 3.05) is 20.8 Å². The molecule has 2 atom stereocenters. The summed E-state index contributed by atoms with van der Waals surface area (Å²) in [6.07, 6.45) is 3.24. The molecule has 0 spiro atoms. The van der Waals surface area contributed by atoms with Gasteiger partial charge in [-0.25, -0.2) is 9.59 Å². The Morgan fingerprint density at radius 3 is 2.60 bits per heavy atom. The van der Waals surface area contributed by atoms with Gasteiger partial charge in [0.2, 0.25) is 0 Å². The van der Waals surface area contributed by atoms with Gasteiger partial charge in [-0.15, -0.1) is 6.58 Å². The molecule has 6 nitrogen and oxygen atoms in total. The average molecular weight is 345 g/mol. The van der Waals surface area contributed by atoms with Crippen LogP contribution in [0.4, 0.5) is 4.79 Å². The van der Waals surface area contributed by atoms with Gasteiger partial charge in [-0.3, -0.25) is 4.90 Å². The molecule has 2 rings (SSSR count). The SMILES string of the molecule is C=CC[C@@H]1/C(=C\OC)CN(C(=O)OCc2ccccc2)[C@@H]1C(=O)OC. The fraction of sp³-hybridized carbons (Fsp3) is 0.368. The highest BCUT2D eigenvalue weighted by molar-refractivity contribution is 5.83. The van der Waals surface area contributed by atoms with Crippen LogP contribution in [0.15, 0.2) is 54.8 Å². The Morgan fingerprint density at radius 2 is 2.00 bits per heavy atom. The number of hydrogen-bond donors (Lipinski definition) is 0. The summed E-state index contributed by atoms with van der Waals surface area (Å²) in [4.78, 5) is 26.2. The Bertz CT molecular complexity index is 640. The summed E-state index contributed by atoms with van der Waals surface area (Å²) in [6, 6.07) is 8.61. The number of carbonyl (C=O) groups is 2. The first-order valence-electron chi connectivity index (χ1n) is 8.00. The van der Waals surface area contributed by atoms with E-state index in [1.165, 1.54) is 19.1 Å². The van der Waals surface area contributed by atoms with Crippen LogP contribution in [-0.4, -0.2) is 43.8 Å². The Morgan fingerprint density at radius 1 is 1.28 bits per heavy atom. The molecule has 1 aliphatic rings. The van der Waals surface area contributed by atoms with Crippen molar-refractivity contribution in [2.24, 2.45) is 5.92 Å². The van der Waals surface area contributed by atoms with Crippen LogP contribution in [0, 0.1) is 5.92 Å². The first-order chi connectivity index (χ1) is 12.1. The van der Waals surface area contributed by atoms with E-state index >= 15 is 0 Å². The molecule has 1 fully saturated rings. The maximum Gasteiger partial charge on any atom is 0.411 e. The van der Waals surface area contributed by atoms with Gasteiger partial charge < -0.3 is 14.2 Å². The topological polar surface area (TPSA) is 65.1 Å². The molecule has 1 aromatic rings. The Labute approximate surface area is 147 Å². The van der Waals surface area contributed by atoms with Crippen molar-refractivity contribution in [3.8, 4) is 0 Å². The van der Waals surface area contributed by atoms with Crippen LogP contribution in [0.5, 0.6) is 0 Å². The number of hydrogen-bond acceptors (Lipinski definition) is 5. The van der Waals surface area contributed by atoms with Gasteiger partial charge in [0.25, 0.3) is 0 Å². The summed E-state index contributed by atoms with van der Waals surface area (Å²) in [7, 11) is 2.83. The lowest BCUT2D eigenvalue weighted by Gasteiger charge is -2.24. The van der Waals surface area contributed by atoms with Gasteiger partial charge in [0, 0.05) is 12.5 Å². The zero-order chi connectivity index (χ0) is 18.2. The van der Waals surface area contributed by atoms with E-state index in [4.69, 9.17) is 14.2 Å². The molecule has 134 valence electrons. The molecule has 6 heteroatoms. The molecule has 0 aromatic heterocycles. The van der Waals surface area contributed by atoms with Crippen LogP contribution in [0.1, 0.15) is 12.0 Å². The van der Waals surface area contributed by atoms with Crippen LogP contribution in [0.25, 0.3) is 0 Å². The number of amides is 1. The van der Waals surface area contributed by atoms with Gasteiger partial charge in [-0.2, -0.15) is 0 Å². The van der Waals surface area contributed by atoms with Crippen molar-refractivity contribution >= 4 is 12.1 Å². The van der Waals surface area contributed by atoms with E-state index in [9.17, 15) is 9.59 Å². The first kappa shape index (κ1) is 18.6. The Kier molecular flexibility index (Phi) is 6.62. The molecular formula is C19H23NO5. The second kappa shape index (κ2) is 8.92. The number of ether oxygens (including phenoxy) is 3. The summed E-state index contributed by atoms with van der Waals surface area (Å²) in [6.45, 7) is 4.12. The minimum absolute atomic E-state index is 0.138. The third kappa shape index (κ3) is 4.41. The highest BCUT2D eigenvalue weighted by atomic mass is 16.6. The van der Waals surface area contributed by atoms with Gasteiger partial charge in [0.1, 0.15) is 12.6 Å². The molecule has 0 unspecified atom stereocenters. The van der Waals surface area contributed by atoms with Crippen LogP contribution < -0.4 is 0 Å². The predicted octanol–water partition coefficient (Wildman–Crippen LogP) is 2.90. The van der Waals surface area contributed by atoms with Crippen LogP contribution in [-0.2, 0) is 25.6 Å². The van der Waals surface area contributed by atoms with E-state index in [-0.39, 0.29) is 19.1 Å². The lowest BCUT2D eigenvalue weighted by Crippen LogP contribution is -2.44. The predicted molar refractivity (Wildman–Crippen MR) is 92.5 cm³/mol. The van der Waals surface area contributed by atoms with E-state index in [1.54, 1.807) is 12.3 Å². The van der Waals surface area contributed by atoms with Crippen LogP contribution >= 0.6 is 0 Å². The number of allylic oxidation sites excluding steroid dienone is 1. The quantitative estimate of drug-likeness (QED) is 0.451. The maximum atomic E-state index is 12.6. The molecule has 1 aliphatic heterocycles. The smallest absolute Gasteiger partial charge is 0.411 e. The Balaban J connectivity index is 2.17.